The maximum Gasteiger partial charge on any atom is 0.273 e. The Bertz CT molecular complexity index is 808. The highest BCUT2D eigenvalue weighted by Gasteiger charge is 2.15. The zero-order chi connectivity index (χ0) is 14.8. The number of aromatic nitrogens is 2. The average Bonchev–Trinajstić information content (AvgIpc) is 2.85. The summed E-state index contributed by atoms with van der Waals surface area (Å²) in [6.45, 7) is 0. The van der Waals surface area contributed by atoms with E-state index in [-0.39, 0.29) is 5.91 Å². The van der Waals surface area contributed by atoms with Gasteiger partial charge in [0.05, 0.1) is 7.11 Å². The summed E-state index contributed by atoms with van der Waals surface area (Å²) in [6, 6.07) is 13.2. The maximum atomic E-state index is 12.4. The Kier molecular flexibility index (Phi) is 3.31. The van der Waals surface area contributed by atoms with Crippen LogP contribution in [0, 0.1) is 0 Å². The van der Waals surface area contributed by atoms with Crippen LogP contribution in [-0.2, 0) is 7.05 Å². The molecule has 0 radical (unpaired) electrons. The summed E-state index contributed by atoms with van der Waals surface area (Å²) in [6.07, 6.45) is 1.61. The molecule has 0 aliphatic heterocycles. The summed E-state index contributed by atoms with van der Waals surface area (Å²) < 4.78 is 7.05. The van der Waals surface area contributed by atoms with Crippen LogP contribution in [-0.4, -0.2) is 22.6 Å². The molecule has 0 saturated heterocycles. The van der Waals surface area contributed by atoms with Gasteiger partial charge < -0.3 is 14.6 Å². The van der Waals surface area contributed by atoms with E-state index < -0.39 is 0 Å². The molecule has 3 rings (SSSR count). The molecule has 0 aliphatic carbocycles. The fourth-order valence-electron chi connectivity index (χ4n) is 2.33. The number of hydrogen-bond donors (Lipinski definition) is 1. The summed E-state index contributed by atoms with van der Waals surface area (Å²) in [5.41, 5.74) is 1.58. The second kappa shape index (κ2) is 5.28. The summed E-state index contributed by atoms with van der Waals surface area (Å²) >= 11 is 0. The molecule has 0 unspecified atom stereocenters. The second-order valence-corrected chi connectivity index (χ2v) is 4.66. The normalized spacial score (nSPS) is 10.6. The highest BCUT2D eigenvalue weighted by Crippen LogP contribution is 2.23. The Morgan fingerprint density at radius 3 is 2.81 bits per heavy atom. The number of nitrogens with one attached hydrogen (secondary N) is 1. The summed E-state index contributed by atoms with van der Waals surface area (Å²) in [5.74, 6) is 0.727. The SMILES string of the molecule is COc1cccnc1NC(=O)c1cc2ccccc2n1C. The fourth-order valence-corrected chi connectivity index (χ4v) is 2.33. The van der Waals surface area contributed by atoms with Gasteiger partial charge in [0, 0.05) is 24.1 Å². The number of hydrogen-bond acceptors (Lipinski definition) is 3. The van der Waals surface area contributed by atoms with E-state index in [2.05, 4.69) is 10.3 Å². The minimum atomic E-state index is -0.217. The zero-order valence-electron chi connectivity index (χ0n) is 11.8. The van der Waals surface area contributed by atoms with E-state index in [0.29, 0.717) is 17.3 Å². The molecule has 1 N–H and O–H groups in total. The predicted octanol–water partition coefficient (Wildman–Crippen LogP) is 2.83. The molecule has 0 fully saturated rings. The number of aryl methyl sites for hydroxylation is 1. The van der Waals surface area contributed by atoms with Gasteiger partial charge in [-0.2, -0.15) is 0 Å². The molecule has 1 amide bonds. The van der Waals surface area contributed by atoms with E-state index in [1.165, 1.54) is 0 Å². The fraction of sp³-hybridized carbons (Fsp3) is 0.125. The highest BCUT2D eigenvalue weighted by atomic mass is 16.5. The van der Waals surface area contributed by atoms with Crippen molar-refractivity contribution in [2.45, 2.75) is 0 Å². The van der Waals surface area contributed by atoms with Crippen LogP contribution in [0.25, 0.3) is 10.9 Å². The van der Waals surface area contributed by atoms with Crippen molar-refractivity contribution >= 4 is 22.6 Å². The van der Waals surface area contributed by atoms with Gasteiger partial charge in [-0.3, -0.25) is 4.79 Å². The Morgan fingerprint density at radius 2 is 2.05 bits per heavy atom. The lowest BCUT2D eigenvalue weighted by atomic mass is 10.2. The van der Waals surface area contributed by atoms with Crippen LogP contribution in [0.15, 0.2) is 48.7 Å². The van der Waals surface area contributed by atoms with Crippen LogP contribution in [0.2, 0.25) is 0 Å². The van der Waals surface area contributed by atoms with E-state index in [4.69, 9.17) is 4.74 Å². The second-order valence-electron chi connectivity index (χ2n) is 4.66. The van der Waals surface area contributed by atoms with Crippen LogP contribution in [0.4, 0.5) is 5.82 Å². The first-order valence-electron chi connectivity index (χ1n) is 6.55. The lowest BCUT2D eigenvalue weighted by molar-refractivity contribution is 0.101. The first kappa shape index (κ1) is 13.2. The van der Waals surface area contributed by atoms with Gasteiger partial charge in [-0.1, -0.05) is 18.2 Å². The van der Waals surface area contributed by atoms with Crippen LogP contribution < -0.4 is 10.1 Å². The largest absolute Gasteiger partial charge is 0.493 e. The number of methoxy groups -OCH3 is 1. The van der Waals surface area contributed by atoms with Crippen molar-refractivity contribution in [3.63, 3.8) is 0 Å². The Balaban J connectivity index is 1.96. The Morgan fingerprint density at radius 1 is 1.24 bits per heavy atom. The molecule has 0 atom stereocenters. The Labute approximate surface area is 122 Å². The number of para-hydroxylation sites is 1. The third-order valence-electron chi connectivity index (χ3n) is 3.41. The summed E-state index contributed by atoms with van der Waals surface area (Å²) in [5, 5.41) is 3.81. The third-order valence-corrected chi connectivity index (χ3v) is 3.41. The number of fused-ring (bicyclic) bond motifs is 1. The summed E-state index contributed by atoms with van der Waals surface area (Å²) in [4.78, 5) is 16.6. The van der Waals surface area contributed by atoms with Crippen molar-refractivity contribution in [1.82, 2.24) is 9.55 Å². The Hall–Kier alpha value is -2.82. The van der Waals surface area contributed by atoms with Crippen molar-refractivity contribution in [2.75, 3.05) is 12.4 Å². The van der Waals surface area contributed by atoms with E-state index in [9.17, 15) is 4.79 Å². The number of rotatable bonds is 3. The van der Waals surface area contributed by atoms with Gasteiger partial charge >= 0.3 is 0 Å². The first-order chi connectivity index (χ1) is 10.2. The van der Waals surface area contributed by atoms with Gasteiger partial charge in [-0.05, 0) is 24.3 Å². The monoisotopic (exact) mass is 281 g/mol. The van der Waals surface area contributed by atoms with Gasteiger partial charge in [-0.25, -0.2) is 4.98 Å². The average molecular weight is 281 g/mol. The van der Waals surface area contributed by atoms with E-state index in [1.54, 1.807) is 25.4 Å². The molecule has 1 aromatic carbocycles. The van der Waals surface area contributed by atoms with Gasteiger partial charge in [-0.15, -0.1) is 0 Å². The molecule has 5 heteroatoms. The van der Waals surface area contributed by atoms with Gasteiger partial charge in [0.15, 0.2) is 11.6 Å². The van der Waals surface area contributed by atoms with Crippen molar-refractivity contribution in [1.29, 1.82) is 0 Å². The van der Waals surface area contributed by atoms with Crippen molar-refractivity contribution in [2.24, 2.45) is 7.05 Å². The van der Waals surface area contributed by atoms with Crippen LogP contribution in [0.3, 0.4) is 0 Å². The van der Waals surface area contributed by atoms with Gasteiger partial charge in [0.2, 0.25) is 0 Å². The van der Waals surface area contributed by atoms with Gasteiger partial charge in [0.25, 0.3) is 5.91 Å². The number of carbonyl (C=O) groups excluding carboxylic acids is 1. The molecule has 0 spiro atoms. The lowest BCUT2D eigenvalue weighted by Gasteiger charge is -2.09. The molecule has 0 bridgehead atoms. The minimum absolute atomic E-state index is 0.217. The predicted molar refractivity (Wildman–Crippen MR) is 81.7 cm³/mol. The number of ether oxygens (including phenoxy) is 1. The smallest absolute Gasteiger partial charge is 0.273 e. The number of amides is 1. The molecule has 3 aromatic rings. The van der Waals surface area contributed by atoms with E-state index in [1.807, 2.05) is 41.9 Å². The number of pyridine rings is 1. The molecule has 2 heterocycles. The number of benzene rings is 1. The molecule has 2 aromatic heterocycles. The van der Waals surface area contributed by atoms with E-state index >= 15 is 0 Å². The molecule has 21 heavy (non-hydrogen) atoms. The van der Waals surface area contributed by atoms with E-state index in [0.717, 1.165) is 10.9 Å². The van der Waals surface area contributed by atoms with Crippen LogP contribution >= 0.6 is 0 Å². The lowest BCUT2D eigenvalue weighted by Crippen LogP contribution is -2.16. The molecule has 0 saturated carbocycles. The standard InChI is InChI=1S/C16H15N3O2/c1-19-12-7-4-3-6-11(12)10-13(19)16(20)18-15-14(21-2)8-5-9-17-15/h3-10H,1-2H3,(H,17,18,20). The molecule has 0 aliphatic rings. The van der Waals surface area contributed by atoms with Crippen molar-refractivity contribution < 1.29 is 9.53 Å². The highest BCUT2D eigenvalue weighted by molar-refractivity contribution is 6.06. The molecular formula is C16H15N3O2. The number of carbonyl (C=O) groups is 1. The third kappa shape index (κ3) is 2.33. The van der Waals surface area contributed by atoms with Gasteiger partial charge in [0.1, 0.15) is 5.69 Å². The molecule has 5 nitrogen and oxygen atoms in total. The molecular weight excluding hydrogens is 266 g/mol. The van der Waals surface area contributed by atoms with Crippen molar-refractivity contribution in [3.05, 3.63) is 54.4 Å². The van der Waals surface area contributed by atoms with Crippen molar-refractivity contribution in [3.8, 4) is 5.75 Å². The summed E-state index contributed by atoms with van der Waals surface area (Å²) in [7, 11) is 3.41. The number of anilines is 1. The van der Waals surface area contributed by atoms with Crippen LogP contribution in [0.5, 0.6) is 5.75 Å². The minimum Gasteiger partial charge on any atom is -0.493 e. The van der Waals surface area contributed by atoms with Crippen LogP contribution in [0.1, 0.15) is 10.5 Å². The topological polar surface area (TPSA) is 56.1 Å². The quantitative estimate of drug-likeness (QED) is 0.803. The molecule has 106 valence electrons. The maximum absolute atomic E-state index is 12.4. The number of nitrogens with zero attached hydrogens (tertiary/aromatic N) is 2. The zero-order valence-corrected chi connectivity index (χ0v) is 11.8. The first-order valence-corrected chi connectivity index (χ1v) is 6.55.